The number of likely N-dealkylation sites (tertiary alicyclic amines) is 1. The number of alkyl halides is 3. The van der Waals surface area contributed by atoms with E-state index >= 15 is 0 Å². The van der Waals surface area contributed by atoms with Gasteiger partial charge in [-0.1, -0.05) is 6.07 Å². The van der Waals surface area contributed by atoms with Gasteiger partial charge in [-0.15, -0.1) is 0 Å². The van der Waals surface area contributed by atoms with Crippen LogP contribution in [0.5, 0.6) is 0 Å². The van der Waals surface area contributed by atoms with Gasteiger partial charge in [-0.25, -0.2) is 9.66 Å². The van der Waals surface area contributed by atoms with Crippen LogP contribution in [0.2, 0.25) is 0 Å². The van der Waals surface area contributed by atoms with Crippen LogP contribution in [0.15, 0.2) is 53.2 Å². The largest absolute Gasteiger partial charge is 0.417 e. The molecule has 1 fully saturated rings. The van der Waals surface area contributed by atoms with E-state index in [9.17, 15) is 22.8 Å². The van der Waals surface area contributed by atoms with Gasteiger partial charge < -0.3 is 4.90 Å². The van der Waals surface area contributed by atoms with E-state index < -0.39 is 23.5 Å². The first-order valence-electron chi connectivity index (χ1n) is 12.7. The fourth-order valence-electron chi connectivity index (χ4n) is 5.53. The third kappa shape index (κ3) is 4.80. The summed E-state index contributed by atoms with van der Waals surface area (Å²) in [6.45, 7) is 3.75. The van der Waals surface area contributed by atoms with Crippen molar-refractivity contribution in [3.05, 3.63) is 92.7 Å². The predicted octanol–water partition coefficient (Wildman–Crippen LogP) is 3.03. The van der Waals surface area contributed by atoms with E-state index in [-0.39, 0.29) is 24.1 Å². The summed E-state index contributed by atoms with van der Waals surface area (Å²) < 4.78 is 40.9. The molecule has 0 radical (unpaired) electrons. The lowest BCUT2D eigenvalue weighted by Crippen LogP contribution is -2.52. The number of hydrogen-bond acceptors (Lipinski definition) is 7. The van der Waals surface area contributed by atoms with E-state index in [1.165, 1.54) is 10.7 Å². The average Bonchev–Trinajstić information content (AvgIpc) is 3.42. The van der Waals surface area contributed by atoms with Crippen LogP contribution in [0.4, 0.5) is 13.2 Å². The molecule has 1 saturated heterocycles. The number of carbonyl (C=O) groups excluding carboxylic acids is 1. The van der Waals surface area contributed by atoms with Crippen molar-refractivity contribution >= 4 is 12.0 Å². The van der Waals surface area contributed by atoms with E-state index in [0.29, 0.717) is 43.1 Å². The van der Waals surface area contributed by atoms with Crippen molar-refractivity contribution < 1.29 is 18.0 Å². The molecule has 0 spiro atoms. The molecule has 3 aliphatic rings. The van der Waals surface area contributed by atoms with Gasteiger partial charge in [0.1, 0.15) is 11.9 Å². The van der Waals surface area contributed by atoms with E-state index in [1.54, 1.807) is 17.2 Å². The smallest absolute Gasteiger partial charge is 0.337 e. The molecule has 0 bridgehead atoms. The molecule has 2 atom stereocenters. The quantitative estimate of drug-likeness (QED) is 0.549. The second-order valence-electron chi connectivity index (χ2n) is 10.2. The summed E-state index contributed by atoms with van der Waals surface area (Å²) in [5.41, 5.74) is 5.08. The van der Waals surface area contributed by atoms with Gasteiger partial charge in [0.05, 0.1) is 5.56 Å². The Balaban J connectivity index is 1.20. The molecule has 1 amide bonds. The highest BCUT2D eigenvalue weighted by Crippen LogP contribution is 2.32. The molecule has 202 valence electrons. The van der Waals surface area contributed by atoms with Gasteiger partial charge in [0.15, 0.2) is 5.82 Å². The summed E-state index contributed by atoms with van der Waals surface area (Å²) in [6.07, 6.45) is 2.53. The lowest BCUT2D eigenvalue weighted by molar-refractivity contribution is -0.137. The van der Waals surface area contributed by atoms with Crippen molar-refractivity contribution in [1.29, 1.82) is 0 Å². The Morgan fingerprint density at radius 3 is 2.79 bits per heavy atom. The number of nitrogens with one attached hydrogen (secondary N) is 1. The van der Waals surface area contributed by atoms with E-state index in [0.717, 1.165) is 29.8 Å². The molecular weight excluding hydrogens is 511 g/mol. The maximum Gasteiger partial charge on any atom is 0.417 e. The average molecular weight is 538 g/mol. The van der Waals surface area contributed by atoms with Crippen LogP contribution in [-0.4, -0.2) is 61.1 Å². The Kier molecular flexibility index (Phi) is 6.21. The van der Waals surface area contributed by atoms with Crippen molar-refractivity contribution in [3.8, 4) is 0 Å². The molecule has 3 aromatic heterocycles. The van der Waals surface area contributed by atoms with Crippen LogP contribution in [0, 0.1) is 0 Å². The van der Waals surface area contributed by atoms with Gasteiger partial charge in [-0.2, -0.15) is 13.2 Å². The molecule has 6 rings (SSSR count). The van der Waals surface area contributed by atoms with Crippen LogP contribution in [0.1, 0.15) is 58.0 Å². The van der Waals surface area contributed by atoms with E-state index in [4.69, 9.17) is 0 Å². The minimum atomic E-state index is -4.47. The second kappa shape index (κ2) is 9.60. The highest BCUT2D eigenvalue weighted by atomic mass is 19.4. The minimum absolute atomic E-state index is 0.0834. The molecular formula is C27H26F3N7O2. The SMILES string of the molecule is CC1=Cc2nc(C(=O)N3CCC(c4cccnc4)C3)cc(=O)n2NC1N1CCc2ncc(C(F)(F)F)cc2C1. The molecule has 9 nitrogen and oxygen atoms in total. The summed E-state index contributed by atoms with van der Waals surface area (Å²) in [5.74, 6) is 0.194. The Labute approximate surface area is 222 Å². The zero-order valence-electron chi connectivity index (χ0n) is 21.1. The predicted molar refractivity (Wildman–Crippen MR) is 136 cm³/mol. The van der Waals surface area contributed by atoms with Crippen LogP contribution in [0.25, 0.3) is 6.08 Å². The lowest BCUT2D eigenvalue weighted by Gasteiger charge is -2.38. The van der Waals surface area contributed by atoms with Crippen LogP contribution in [-0.2, 0) is 19.1 Å². The first-order valence-corrected chi connectivity index (χ1v) is 12.7. The fraction of sp³-hybridized carbons (Fsp3) is 0.370. The summed E-state index contributed by atoms with van der Waals surface area (Å²) >= 11 is 0. The number of halogens is 3. The third-order valence-electron chi connectivity index (χ3n) is 7.60. The standard InChI is InChI=1S/C27H26F3N7O2/c1-16-9-23-33-22(26(39)36-7-4-18(14-36)17-3-2-6-31-12-17)11-24(38)37(23)34-25(16)35-8-5-21-19(15-35)10-20(13-32-21)27(28,29)30/h2-3,6,9-13,18,25,34H,4-5,7-8,14-15H2,1H3. The maximum atomic E-state index is 13.2. The fourth-order valence-corrected chi connectivity index (χ4v) is 5.53. The van der Waals surface area contributed by atoms with Crippen LogP contribution in [0.3, 0.4) is 0 Å². The molecule has 3 aromatic rings. The van der Waals surface area contributed by atoms with E-state index in [1.807, 2.05) is 30.2 Å². The van der Waals surface area contributed by atoms with Gasteiger partial charge in [0.2, 0.25) is 0 Å². The minimum Gasteiger partial charge on any atom is -0.337 e. The third-order valence-corrected chi connectivity index (χ3v) is 7.60. The first kappa shape index (κ1) is 25.2. The van der Waals surface area contributed by atoms with Crippen molar-refractivity contribution in [2.24, 2.45) is 0 Å². The van der Waals surface area contributed by atoms with Crippen molar-refractivity contribution in [1.82, 2.24) is 29.4 Å². The zero-order chi connectivity index (χ0) is 27.3. The molecule has 0 aromatic carbocycles. The van der Waals surface area contributed by atoms with Crippen molar-refractivity contribution in [2.75, 3.05) is 25.1 Å². The number of carbonyl (C=O) groups is 1. The molecule has 0 saturated carbocycles. The zero-order valence-corrected chi connectivity index (χ0v) is 21.1. The second-order valence-corrected chi connectivity index (χ2v) is 10.2. The molecule has 2 unspecified atom stereocenters. The normalized spacial score (nSPS) is 21.1. The summed E-state index contributed by atoms with van der Waals surface area (Å²) in [5, 5.41) is 0. The molecule has 1 N–H and O–H groups in total. The Morgan fingerprint density at radius 1 is 1.18 bits per heavy atom. The van der Waals surface area contributed by atoms with Crippen molar-refractivity contribution in [2.45, 2.75) is 44.6 Å². The highest BCUT2D eigenvalue weighted by molar-refractivity contribution is 5.92. The number of fused-ring (bicyclic) bond motifs is 2. The van der Waals surface area contributed by atoms with Crippen LogP contribution < -0.4 is 11.0 Å². The molecule has 12 heteroatoms. The summed E-state index contributed by atoms with van der Waals surface area (Å²) in [4.78, 5) is 42.7. The van der Waals surface area contributed by atoms with Gasteiger partial charge >= 0.3 is 6.18 Å². The Bertz CT molecular complexity index is 1520. The summed E-state index contributed by atoms with van der Waals surface area (Å²) in [7, 11) is 0. The van der Waals surface area contributed by atoms with Crippen LogP contribution >= 0.6 is 0 Å². The van der Waals surface area contributed by atoms with Gasteiger partial charge in [0, 0.05) is 68.9 Å². The number of aromatic nitrogens is 4. The number of amides is 1. The Hall–Kier alpha value is -4.06. The highest BCUT2D eigenvalue weighted by Gasteiger charge is 2.35. The number of pyridine rings is 2. The molecule has 3 aliphatic heterocycles. The summed E-state index contributed by atoms with van der Waals surface area (Å²) in [6, 6.07) is 6.25. The molecule has 39 heavy (non-hydrogen) atoms. The van der Waals surface area contributed by atoms with Gasteiger partial charge in [-0.05, 0) is 48.3 Å². The number of hydrogen-bond donors (Lipinski definition) is 1. The number of nitrogens with zero attached hydrogens (tertiary/aromatic N) is 6. The maximum absolute atomic E-state index is 13.2. The molecule has 6 heterocycles. The molecule has 0 aliphatic carbocycles. The van der Waals surface area contributed by atoms with Crippen molar-refractivity contribution in [3.63, 3.8) is 0 Å². The van der Waals surface area contributed by atoms with Gasteiger partial charge in [-0.3, -0.25) is 29.9 Å². The van der Waals surface area contributed by atoms with Gasteiger partial charge in [0.25, 0.3) is 11.5 Å². The monoisotopic (exact) mass is 537 g/mol. The van der Waals surface area contributed by atoms with E-state index in [2.05, 4.69) is 20.4 Å². The number of rotatable bonds is 3. The lowest BCUT2D eigenvalue weighted by atomic mass is 10.0. The first-order chi connectivity index (χ1) is 18.7. The topological polar surface area (TPSA) is 96.2 Å². The Morgan fingerprint density at radius 2 is 2.03 bits per heavy atom.